The number of fused-ring (bicyclic) bond motifs is 1. The van der Waals surface area contributed by atoms with E-state index in [9.17, 15) is 10.2 Å². The van der Waals surface area contributed by atoms with Gasteiger partial charge < -0.3 is 10.2 Å². The van der Waals surface area contributed by atoms with Gasteiger partial charge in [0.15, 0.2) is 0 Å². The van der Waals surface area contributed by atoms with Crippen molar-refractivity contribution in [3.63, 3.8) is 0 Å². The average Bonchev–Trinajstić information content (AvgIpc) is 2.30. The number of aliphatic hydroxyl groups is 2. The lowest BCUT2D eigenvalue weighted by atomic mass is 9.36. The highest BCUT2D eigenvalue weighted by atomic mass is 16.3. The van der Waals surface area contributed by atoms with Crippen LogP contribution in [-0.4, -0.2) is 21.4 Å². The molecule has 4 saturated carbocycles. The maximum Gasteiger partial charge on any atom is 0.0740 e. The normalized spacial score (nSPS) is 76.5. The Balaban J connectivity index is 1.92. The third-order valence-corrected chi connectivity index (χ3v) is 5.35. The zero-order valence-electron chi connectivity index (χ0n) is 7.08. The molecule has 12 heavy (non-hydrogen) atoms. The zero-order valence-corrected chi connectivity index (χ0v) is 7.08. The van der Waals surface area contributed by atoms with Crippen LogP contribution in [0.25, 0.3) is 0 Å². The van der Waals surface area contributed by atoms with E-state index in [1.54, 1.807) is 0 Å². The molecule has 5 unspecified atom stereocenters. The van der Waals surface area contributed by atoms with Gasteiger partial charge in [-0.2, -0.15) is 0 Å². The summed E-state index contributed by atoms with van der Waals surface area (Å²) in [6.07, 6.45) is 4.82. The van der Waals surface area contributed by atoms with Gasteiger partial charge >= 0.3 is 0 Å². The molecule has 66 valence electrons. The Morgan fingerprint density at radius 2 is 1.75 bits per heavy atom. The largest absolute Gasteiger partial charge is 0.390 e. The highest BCUT2D eigenvalue weighted by Gasteiger charge is 2.83. The van der Waals surface area contributed by atoms with E-state index < -0.39 is 11.2 Å². The number of hydrogen-bond donors (Lipinski definition) is 2. The first kappa shape index (κ1) is 6.39. The van der Waals surface area contributed by atoms with E-state index in [-0.39, 0.29) is 5.41 Å². The summed E-state index contributed by atoms with van der Waals surface area (Å²) in [6.45, 7) is 0. The molecule has 2 N–H and O–H groups in total. The summed E-state index contributed by atoms with van der Waals surface area (Å²) in [5.41, 5.74) is -0.694. The minimum atomic E-state index is -0.468. The SMILES string of the molecule is OC12CC3CC4CC(O)(C1)C34C2. The molecule has 0 aromatic rings. The van der Waals surface area contributed by atoms with Gasteiger partial charge in [0.2, 0.25) is 0 Å². The van der Waals surface area contributed by atoms with Gasteiger partial charge in [-0.25, -0.2) is 0 Å². The van der Waals surface area contributed by atoms with Gasteiger partial charge in [-0.3, -0.25) is 0 Å². The lowest BCUT2D eigenvalue weighted by Crippen LogP contribution is -2.71. The molecule has 4 fully saturated rings. The molecular weight excluding hydrogens is 152 g/mol. The van der Waals surface area contributed by atoms with Crippen LogP contribution in [0.4, 0.5) is 0 Å². The average molecular weight is 166 g/mol. The molecule has 0 amide bonds. The van der Waals surface area contributed by atoms with Crippen LogP contribution in [0.1, 0.15) is 32.1 Å². The molecule has 5 atom stereocenters. The van der Waals surface area contributed by atoms with Crippen LogP contribution < -0.4 is 0 Å². The molecule has 0 aromatic carbocycles. The van der Waals surface area contributed by atoms with E-state index in [2.05, 4.69) is 0 Å². The summed E-state index contributed by atoms with van der Waals surface area (Å²) < 4.78 is 0. The van der Waals surface area contributed by atoms with Crippen molar-refractivity contribution in [1.82, 2.24) is 0 Å². The Kier molecular flexibility index (Phi) is 0.684. The molecule has 4 rings (SSSR count). The molecule has 0 aliphatic heterocycles. The highest BCUT2D eigenvalue weighted by Crippen LogP contribution is 2.83. The van der Waals surface area contributed by atoms with Crippen molar-refractivity contribution < 1.29 is 10.2 Å². The maximum absolute atomic E-state index is 10.2. The van der Waals surface area contributed by atoms with E-state index in [1.807, 2.05) is 0 Å². The minimum absolute atomic E-state index is 0.210. The van der Waals surface area contributed by atoms with Gasteiger partial charge in [0.25, 0.3) is 0 Å². The minimum Gasteiger partial charge on any atom is -0.390 e. The Morgan fingerprint density at radius 3 is 2.25 bits per heavy atom. The first-order valence-corrected chi connectivity index (χ1v) is 5.03. The predicted molar refractivity (Wildman–Crippen MR) is 42.4 cm³/mol. The van der Waals surface area contributed by atoms with Crippen LogP contribution in [0.5, 0.6) is 0 Å². The van der Waals surface area contributed by atoms with Gasteiger partial charge in [0.1, 0.15) is 0 Å². The lowest BCUT2D eigenvalue weighted by Gasteiger charge is -2.70. The molecule has 0 heterocycles. The molecular formula is C10H14O2. The summed E-state index contributed by atoms with van der Waals surface area (Å²) in [5, 5.41) is 20.4. The Hall–Kier alpha value is -0.0800. The van der Waals surface area contributed by atoms with Gasteiger partial charge in [-0.05, 0) is 37.5 Å². The monoisotopic (exact) mass is 166 g/mol. The van der Waals surface area contributed by atoms with E-state index in [0.29, 0.717) is 12.3 Å². The lowest BCUT2D eigenvalue weighted by molar-refractivity contribution is -0.287. The van der Waals surface area contributed by atoms with Crippen LogP contribution in [0.2, 0.25) is 0 Å². The molecule has 1 spiro atoms. The first-order valence-electron chi connectivity index (χ1n) is 5.03. The van der Waals surface area contributed by atoms with Crippen molar-refractivity contribution in [3.05, 3.63) is 0 Å². The Bertz CT molecular complexity index is 290. The maximum atomic E-state index is 10.2. The quantitative estimate of drug-likeness (QED) is 0.555. The second kappa shape index (κ2) is 1.28. The summed E-state index contributed by atoms with van der Waals surface area (Å²) in [7, 11) is 0. The molecule has 2 heteroatoms. The van der Waals surface area contributed by atoms with Crippen LogP contribution in [-0.2, 0) is 0 Å². The van der Waals surface area contributed by atoms with E-state index in [4.69, 9.17) is 0 Å². The van der Waals surface area contributed by atoms with Crippen molar-refractivity contribution in [2.75, 3.05) is 0 Å². The van der Waals surface area contributed by atoms with Gasteiger partial charge in [0, 0.05) is 11.8 Å². The van der Waals surface area contributed by atoms with Gasteiger partial charge in [-0.1, -0.05) is 0 Å². The number of hydrogen-bond acceptors (Lipinski definition) is 2. The highest BCUT2D eigenvalue weighted by molar-refractivity contribution is 5.34. The fraction of sp³-hybridized carbons (Fsp3) is 1.00. The molecule has 0 aromatic heterocycles. The summed E-state index contributed by atoms with van der Waals surface area (Å²) in [4.78, 5) is 0. The van der Waals surface area contributed by atoms with Crippen LogP contribution in [0.15, 0.2) is 0 Å². The second-order valence-corrected chi connectivity index (χ2v) is 5.69. The van der Waals surface area contributed by atoms with Crippen molar-refractivity contribution in [2.45, 2.75) is 43.3 Å². The van der Waals surface area contributed by atoms with E-state index in [1.165, 1.54) is 6.42 Å². The van der Waals surface area contributed by atoms with Gasteiger partial charge in [0.05, 0.1) is 11.2 Å². The van der Waals surface area contributed by atoms with Gasteiger partial charge in [-0.15, -0.1) is 0 Å². The molecule has 4 aliphatic rings. The predicted octanol–water partition coefficient (Wildman–Crippen LogP) is 0.672. The summed E-state index contributed by atoms with van der Waals surface area (Å²) in [5.74, 6) is 1.43. The van der Waals surface area contributed by atoms with Crippen LogP contribution in [0, 0.1) is 17.3 Å². The molecule has 0 saturated heterocycles. The summed E-state index contributed by atoms with van der Waals surface area (Å²) in [6, 6.07) is 0. The molecule has 4 aliphatic carbocycles. The fourth-order valence-corrected chi connectivity index (χ4v) is 5.14. The molecule has 2 nitrogen and oxygen atoms in total. The van der Waals surface area contributed by atoms with E-state index >= 15 is 0 Å². The molecule has 0 radical (unpaired) electrons. The van der Waals surface area contributed by atoms with Crippen LogP contribution >= 0.6 is 0 Å². The third kappa shape index (κ3) is 0.359. The van der Waals surface area contributed by atoms with Crippen molar-refractivity contribution in [2.24, 2.45) is 17.3 Å². The smallest absolute Gasteiger partial charge is 0.0740 e. The first-order chi connectivity index (χ1) is 5.58. The van der Waals surface area contributed by atoms with Crippen LogP contribution in [0.3, 0.4) is 0 Å². The molecule has 2 bridgehead atoms. The van der Waals surface area contributed by atoms with Crippen molar-refractivity contribution >= 4 is 0 Å². The Labute approximate surface area is 71.6 Å². The summed E-state index contributed by atoms with van der Waals surface area (Å²) >= 11 is 0. The van der Waals surface area contributed by atoms with Crippen molar-refractivity contribution in [3.8, 4) is 0 Å². The second-order valence-electron chi connectivity index (χ2n) is 5.69. The fourth-order valence-electron chi connectivity index (χ4n) is 5.14. The standard InChI is InChI=1S/C10H14O2/c11-8-2-6-1-7-3-9(12,4-8)10(6,7)5-8/h6-7,11-12H,1-5H2. The third-order valence-electron chi connectivity index (χ3n) is 5.35. The van der Waals surface area contributed by atoms with E-state index in [0.717, 1.165) is 25.2 Å². The number of rotatable bonds is 0. The zero-order chi connectivity index (χ0) is 8.19. The van der Waals surface area contributed by atoms with Crippen molar-refractivity contribution in [1.29, 1.82) is 0 Å². The topological polar surface area (TPSA) is 40.5 Å². The Morgan fingerprint density at radius 1 is 1.00 bits per heavy atom.